The van der Waals surface area contributed by atoms with E-state index in [1.165, 1.54) is 12.3 Å². The Morgan fingerprint density at radius 3 is 2.59 bits per heavy atom. The van der Waals surface area contributed by atoms with Gasteiger partial charge in [-0.2, -0.15) is 5.10 Å². The van der Waals surface area contributed by atoms with Crippen molar-refractivity contribution in [2.24, 2.45) is 5.10 Å². The predicted molar refractivity (Wildman–Crippen MR) is 126 cm³/mol. The maximum absolute atomic E-state index is 12.2. The third-order valence-corrected chi connectivity index (χ3v) is 5.06. The summed E-state index contributed by atoms with van der Waals surface area (Å²) in [6, 6.07) is 14.3. The molecule has 1 atom stereocenters. The van der Waals surface area contributed by atoms with Crippen LogP contribution >= 0.6 is 0 Å². The quantitative estimate of drug-likeness (QED) is 0.283. The largest absolute Gasteiger partial charge is 0.497 e. The number of hydrazone groups is 1. The highest BCUT2D eigenvalue weighted by atomic mass is 16.6. The lowest BCUT2D eigenvalue weighted by Crippen LogP contribution is -2.43. The number of nitrogens with zero attached hydrogens (tertiary/aromatic N) is 2. The number of benzene rings is 2. The first kappa shape index (κ1) is 24.2. The molecule has 0 unspecified atom stereocenters. The van der Waals surface area contributed by atoms with Gasteiger partial charge in [-0.05, 0) is 43.7 Å². The summed E-state index contributed by atoms with van der Waals surface area (Å²) in [5, 5.41) is 17.6. The molecule has 0 aliphatic heterocycles. The van der Waals surface area contributed by atoms with Crippen molar-refractivity contribution in [1.82, 2.24) is 10.7 Å². The Kier molecular flexibility index (Phi) is 7.75. The second-order valence-electron chi connectivity index (χ2n) is 7.46. The first-order valence-electron chi connectivity index (χ1n) is 10.4. The van der Waals surface area contributed by atoms with Gasteiger partial charge in [-0.25, -0.2) is 5.43 Å². The average molecular weight is 464 g/mol. The second kappa shape index (κ2) is 10.9. The van der Waals surface area contributed by atoms with Gasteiger partial charge in [0.2, 0.25) is 5.91 Å². The van der Waals surface area contributed by atoms with Crippen LogP contribution in [0.3, 0.4) is 0 Å². The van der Waals surface area contributed by atoms with E-state index >= 15 is 0 Å². The zero-order valence-corrected chi connectivity index (χ0v) is 18.9. The topological polar surface area (TPSA) is 136 Å². The van der Waals surface area contributed by atoms with Crippen molar-refractivity contribution in [3.8, 4) is 17.1 Å². The SMILES string of the molecule is COc1ccc(CC(=O)N[C@@H](C)C(=O)N/N=C\c2ccc(-c3cccc([N+](=O)[O-])c3C)o2)cc1. The maximum atomic E-state index is 12.2. The van der Waals surface area contributed by atoms with E-state index in [-0.39, 0.29) is 18.0 Å². The molecule has 0 radical (unpaired) electrons. The highest BCUT2D eigenvalue weighted by molar-refractivity contribution is 5.89. The van der Waals surface area contributed by atoms with E-state index in [9.17, 15) is 19.7 Å². The number of hydrogen-bond acceptors (Lipinski definition) is 7. The van der Waals surface area contributed by atoms with Crippen LogP contribution in [0.5, 0.6) is 5.75 Å². The van der Waals surface area contributed by atoms with Gasteiger partial charge >= 0.3 is 0 Å². The third-order valence-electron chi connectivity index (χ3n) is 5.06. The van der Waals surface area contributed by atoms with Crippen LogP contribution in [-0.2, 0) is 16.0 Å². The molecule has 176 valence electrons. The Morgan fingerprint density at radius 1 is 1.18 bits per heavy atom. The molecule has 0 saturated heterocycles. The lowest BCUT2D eigenvalue weighted by molar-refractivity contribution is -0.385. The molecule has 3 rings (SSSR count). The molecule has 1 aromatic heterocycles. The summed E-state index contributed by atoms with van der Waals surface area (Å²) in [4.78, 5) is 35.1. The number of nitro benzene ring substituents is 1. The van der Waals surface area contributed by atoms with Crippen molar-refractivity contribution in [3.63, 3.8) is 0 Å². The summed E-state index contributed by atoms with van der Waals surface area (Å²) in [5.41, 5.74) is 4.21. The minimum Gasteiger partial charge on any atom is -0.497 e. The molecule has 1 heterocycles. The first-order chi connectivity index (χ1) is 16.3. The van der Waals surface area contributed by atoms with Gasteiger partial charge in [0, 0.05) is 17.2 Å². The Hall–Kier alpha value is -4.47. The van der Waals surface area contributed by atoms with Crippen LogP contribution in [0, 0.1) is 17.0 Å². The van der Waals surface area contributed by atoms with Gasteiger partial charge in [0.05, 0.1) is 24.7 Å². The van der Waals surface area contributed by atoms with E-state index < -0.39 is 16.9 Å². The minimum atomic E-state index is -0.803. The summed E-state index contributed by atoms with van der Waals surface area (Å²) in [6.45, 7) is 3.20. The molecular formula is C24H24N4O6. The molecule has 2 aromatic carbocycles. The Bertz CT molecular complexity index is 1220. The molecule has 10 nitrogen and oxygen atoms in total. The molecular weight excluding hydrogens is 440 g/mol. The van der Waals surface area contributed by atoms with Crippen molar-refractivity contribution in [2.45, 2.75) is 26.3 Å². The van der Waals surface area contributed by atoms with Crippen LogP contribution < -0.4 is 15.5 Å². The fourth-order valence-corrected chi connectivity index (χ4v) is 3.20. The number of amides is 2. The van der Waals surface area contributed by atoms with Crippen molar-refractivity contribution >= 4 is 23.7 Å². The minimum absolute atomic E-state index is 0.000550. The zero-order chi connectivity index (χ0) is 24.7. The second-order valence-corrected chi connectivity index (χ2v) is 7.46. The number of carbonyl (C=O) groups is 2. The Morgan fingerprint density at radius 2 is 1.91 bits per heavy atom. The molecule has 3 aromatic rings. The van der Waals surface area contributed by atoms with Gasteiger partial charge in [-0.1, -0.05) is 24.3 Å². The van der Waals surface area contributed by atoms with E-state index in [4.69, 9.17) is 9.15 Å². The average Bonchev–Trinajstić information content (AvgIpc) is 3.28. The number of nitro groups is 1. The molecule has 10 heteroatoms. The van der Waals surface area contributed by atoms with Gasteiger partial charge in [0.1, 0.15) is 23.3 Å². The van der Waals surface area contributed by atoms with Crippen LogP contribution in [0.25, 0.3) is 11.3 Å². The fourth-order valence-electron chi connectivity index (χ4n) is 3.20. The van der Waals surface area contributed by atoms with E-state index in [2.05, 4.69) is 15.8 Å². The summed E-state index contributed by atoms with van der Waals surface area (Å²) >= 11 is 0. The number of carbonyl (C=O) groups excluding carboxylic acids is 2. The standard InChI is InChI=1S/C24H24N4O6/c1-15-20(5-4-6-21(15)28(31)32)22-12-11-19(34-22)14-25-27-24(30)16(2)26-23(29)13-17-7-9-18(33-3)10-8-17/h4-12,14,16H,13H2,1-3H3,(H,26,29)(H,27,30)/b25-14-/t16-/m0/s1. The number of hydrogen-bond donors (Lipinski definition) is 2. The maximum Gasteiger partial charge on any atom is 0.273 e. The van der Waals surface area contributed by atoms with Crippen LogP contribution in [0.1, 0.15) is 23.8 Å². The molecule has 0 spiro atoms. The zero-order valence-electron chi connectivity index (χ0n) is 18.9. The number of furan rings is 1. The molecule has 2 N–H and O–H groups in total. The van der Waals surface area contributed by atoms with Gasteiger partial charge < -0.3 is 14.5 Å². The smallest absolute Gasteiger partial charge is 0.273 e. The van der Waals surface area contributed by atoms with Gasteiger partial charge in [0.25, 0.3) is 11.6 Å². The van der Waals surface area contributed by atoms with Crippen molar-refractivity contribution < 1.29 is 23.7 Å². The Balaban J connectivity index is 1.53. The molecule has 34 heavy (non-hydrogen) atoms. The monoisotopic (exact) mass is 464 g/mol. The summed E-state index contributed by atoms with van der Waals surface area (Å²) < 4.78 is 10.8. The lowest BCUT2D eigenvalue weighted by Gasteiger charge is -2.12. The lowest BCUT2D eigenvalue weighted by atomic mass is 10.1. The van der Waals surface area contributed by atoms with Gasteiger partial charge in [0.15, 0.2) is 0 Å². The normalized spacial score (nSPS) is 11.7. The van der Waals surface area contributed by atoms with E-state index in [0.717, 1.165) is 5.56 Å². The summed E-state index contributed by atoms with van der Waals surface area (Å²) in [6.07, 6.45) is 1.43. The predicted octanol–water partition coefficient (Wildman–Crippen LogP) is 3.37. The van der Waals surface area contributed by atoms with Crippen LogP contribution in [0.4, 0.5) is 5.69 Å². The first-order valence-corrected chi connectivity index (χ1v) is 10.4. The van der Waals surface area contributed by atoms with E-state index in [0.29, 0.717) is 28.4 Å². The van der Waals surface area contributed by atoms with Gasteiger partial charge in [-0.3, -0.25) is 19.7 Å². The van der Waals surface area contributed by atoms with Crippen molar-refractivity contribution in [2.75, 3.05) is 7.11 Å². The number of ether oxygens (including phenoxy) is 1. The summed E-state index contributed by atoms with van der Waals surface area (Å²) in [5.74, 6) is 0.671. The third kappa shape index (κ3) is 6.06. The Labute approximate surface area is 195 Å². The molecule has 0 saturated carbocycles. The molecule has 2 amide bonds. The van der Waals surface area contributed by atoms with Crippen LogP contribution in [0.15, 0.2) is 64.1 Å². The fraction of sp³-hybridized carbons (Fsp3) is 0.208. The van der Waals surface area contributed by atoms with Gasteiger partial charge in [-0.15, -0.1) is 0 Å². The van der Waals surface area contributed by atoms with Crippen molar-refractivity contribution in [3.05, 3.63) is 81.6 Å². The molecule has 0 fully saturated rings. The number of methoxy groups -OCH3 is 1. The molecule has 0 aliphatic rings. The van der Waals surface area contributed by atoms with E-state index in [1.807, 2.05) is 0 Å². The number of rotatable bonds is 9. The van der Waals surface area contributed by atoms with Crippen LogP contribution in [-0.4, -0.2) is 36.1 Å². The molecule has 0 bridgehead atoms. The van der Waals surface area contributed by atoms with Crippen LogP contribution in [0.2, 0.25) is 0 Å². The highest BCUT2D eigenvalue weighted by Crippen LogP contribution is 2.30. The highest BCUT2D eigenvalue weighted by Gasteiger charge is 2.17. The number of nitrogens with one attached hydrogen (secondary N) is 2. The van der Waals surface area contributed by atoms with E-state index in [1.54, 1.807) is 69.5 Å². The molecule has 0 aliphatic carbocycles. The van der Waals surface area contributed by atoms with Crippen molar-refractivity contribution in [1.29, 1.82) is 0 Å². The summed E-state index contributed by atoms with van der Waals surface area (Å²) in [7, 11) is 1.56.